The molecule has 17 heavy (non-hydrogen) atoms. The van der Waals surface area contributed by atoms with Crippen molar-refractivity contribution in [3.8, 4) is 0 Å². The number of nitrogen functional groups attached to an aromatic ring is 1. The summed E-state index contributed by atoms with van der Waals surface area (Å²) in [6.45, 7) is 2.11. The summed E-state index contributed by atoms with van der Waals surface area (Å²) in [5.41, 5.74) is 11.6. The number of carbonyl (C=O) groups is 1. The van der Waals surface area contributed by atoms with Gasteiger partial charge in [-0.2, -0.15) is 0 Å². The average Bonchev–Trinajstić information content (AvgIpc) is 2.59. The second-order valence-corrected chi connectivity index (χ2v) is 5.52. The number of nitrogens with two attached hydrogens (primary N) is 2. The molecule has 4 N–H and O–H groups in total. The summed E-state index contributed by atoms with van der Waals surface area (Å²) in [7, 11) is 0. The van der Waals surface area contributed by atoms with Crippen LogP contribution < -0.4 is 16.4 Å². The van der Waals surface area contributed by atoms with Crippen molar-refractivity contribution in [3.63, 3.8) is 0 Å². The van der Waals surface area contributed by atoms with Gasteiger partial charge in [-0.1, -0.05) is 19.3 Å². The summed E-state index contributed by atoms with van der Waals surface area (Å²) >= 11 is 1.42. The lowest BCUT2D eigenvalue weighted by molar-refractivity contribution is 0.100. The third-order valence-corrected chi connectivity index (χ3v) is 4.37. The number of anilines is 2. The Kier molecular flexibility index (Phi) is 3.89. The Morgan fingerprint density at radius 3 is 2.29 bits per heavy atom. The van der Waals surface area contributed by atoms with E-state index in [2.05, 4.69) is 4.90 Å². The summed E-state index contributed by atoms with van der Waals surface area (Å²) in [5, 5.41) is 1.08. The number of nitrogens with zero attached hydrogens (tertiary/aromatic N) is 1. The van der Waals surface area contributed by atoms with Crippen LogP contribution in [-0.2, 0) is 0 Å². The maximum atomic E-state index is 11.2. The molecule has 5 heteroatoms. The van der Waals surface area contributed by atoms with Crippen LogP contribution in [-0.4, -0.2) is 19.0 Å². The maximum Gasteiger partial charge on any atom is 0.260 e. The summed E-state index contributed by atoms with van der Waals surface area (Å²) in [4.78, 5) is 14.0. The Morgan fingerprint density at radius 2 is 1.76 bits per heavy atom. The van der Waals surface area contributed by atoms with Gasteiger partial charge in [-0.15, -0.1) is 11.3 Å². The van der Waals surface area contributed by atoms with Crippen molar-refractivity contribution >= 4 is 27.9 Å². The minimum atomic E-state index is -0.425. The molecule has 2 rings (SSSR count). The first-order valence-electron chi connectivity index (χ1n) is 6.12. The predicted molar refractivity (Wildman–Crippen MR) is 72.5 cm³/mol. The van der Waals surface area contributed by atoms with Crippen molar-refractivity contribution < 1.29 is 4.79 Å². The Labute approximate surface area is 106 Å². The van der Waals surface area contributed by atoms with Gasteiger partial charge in [0.1, 0.15) is 4.88 Å². The first-order chi connectivity index (χ1) is 8.18. The Bertz CT molecular complexity index is 394. The van der Waals surface area contributed by atoms with Gasteiger partial charge >= 0.3 is 0 Å². The van der Waals surface area contributed by atoms with E-state index in [4.69, 9.17) is 11.5 Å². The lowest BCUT2D eigenvalue weighted by Crippen LogP contribution is -2.26. The van der Waals surface area contributed by atoms with Crippen LogP contribution in [0.3, 0.4) is 0 Å². The molecule has 1 aliphatic rings. The normalized spacial score (nSPS) is 17.5. The van der Waals surface area contributed by atoms with Crippen LogP contribution in [0.4, 0.5) is 10.7 Å². The summed E-state index contributed by atoms with van der Waals surface area (Å²) in [6, 6.07) is 1.88. The number of carbonyl (C=O) groups excluding carboxylic acids is 1. The molecule has 0 spiro atoms. The van der Waals surface area contributed by atoms with Crippen molar-refractivity contribution in [3.05, 3.63) is 10.9 Å². The fraction of sp³-hybridized carbons (Fsp3) is 0.583. The summed E-state index contributed by atoms with van der Waals surface area (Å²) in [6.07, 6.45) is 6.35. The number of rotatable bonds is 2. The highest BCUT2D eigenvalue weighted by Gasteiger charge is 2.16. The van der Waals surface area contributed by atoms with Crippen molar-refractivity contribution in [2.45, 2.75) is 32.1 Å². The van der Waals surface area contributed by atoms with E-state index in [1.165, 1.54) is 43.4 Å². The van der Waals surface area contributed by atoms with Crippen LogP contribution in [0.25, 0.3) is 0 Å². The number of hydrogen-bond acceptors (Lipinski definition) is 4. The molecule has 4 nitrogen and oxygen atoms in total. The molecule has 0 aliphatic carbocycles. The predicted octanol–water partition coefficient (Wildman–Crippen LogP) is 2.20. The van der Waals surface area contributed by atoms with Crippen LogP contribution >= 0.6 is 11.3 Å². The lowest BCUT2D eigenvalue weighted by Gasteiger charge is -2.25. The van der Waals surface area contributed by atoms with Gasteiger partial charge in [-0.3, -0.25) is 4.79 Å². The monoisotopic (exact) mass is 253 g/mol. The molecule has 94 valence electrons. The largest absolute Gasteiger partial charge is 0.397 e. The molecular formula is C12H19N3OS. The summed E-state index contributed by atoms with van der Waals surface area (Å²) < 4.78 is 0. The molecule has 0 saturated carbocycles. The number of primary amides is 1. The number of amides is 1. The number of thiophene rings is 1. The van der Waals surface area contributed by atoms with E-state index in [1.54, 1.807) is 0 Å². The molecule has 2 heterocycles. The quantitative estimate of drug-likeness (QED) is 0.848. The molecule has 1 saturated heterocycles. The Balaban J connectivity index is 2.14. The van der Waals surface area contributed by atoms with Crippen LogP contribution in [0.15, 0.2) is 6.07 Å². The van der Waals surface area contributed by atoms with E-state index in [0.717, 1.165) is 18.1 Å². The molecule has 0 radical (unpaired) electrons. The molecule has 0 atom stereocenters. The minimum absolute atomic E-state index is 0.425. The van der Waals surface area contributed by atoms with Crippen LogP contribution in [0, 0.1) is 0 Å². The lowest BCUT2D eigenvalue weighted by atomic mass is 10.1. The molecule has 0 bridgehead atoms. The van der Waals surface area contributed by atoms with Gasteiger partial charge in [0.2, 0.25) is 0 Å². The molecular weight excluding hydrogens is 234 g/mol. The van der Waals surface area contributed by atoms with Crippen LogP contribution in [0.5, 0.6) is 0 Å². The van der Waals surface area contributed by atoms with Crippen molar-refractivity contribution in [1.82, 2.24) is 0 Å². The van der Waals surface area contributed by atoms with Crippen LogP contribution in [0.2, 0.25) is 0 Å². The van der Waals surface area contributed by atoms with E-state index in [0.29, 0.717) is 10.6 Å². The smallest absolute Gasteiger partial charge is 0.260 e. The highest BCUT2D eigenvalue weighted by molar-refractivity contribution is 7.18. The van der Waals surface area contributed by atoms with Gasteiger partial charge in [0.05, 0.1) is 10.7 Å². The first-order valence-corrected chi connectivity index (χ1v) is 6.94. The number of hydrogen-bond donors (Lipinski definition) is 2. The minimum Gasteiger partial charge on any atom is -0.397 e. The fourth-order valence-corrected chi connectivity index (χ4v) is 3.19. The third-order valence-electron chi connectivity index (χ3n) is 3.14. The van der Waals surface area contributed by atoms with E-state index >= 15 is 0 Å². The molecule has 0 unspecified atom stereocenters. The van der Waals surface area contributed by atoms with Gasteiger partial charge in [-0.05, 0) is 18.9 Å². The van der Waals surface area contributed by atoms with Gasteiger partial charge in [0.25, 0.3) is 5.91 Å². The van der Waals surface area contributed by atoms with Crippen molar-refractivity contribution in [2.24, 2.45) is 5.73 Å². The molecule has 1 aromatic rings. The van der Waals surface area contributed by atoms with E-state index in [-0.39, 0.29) is 0 Å². The first kappa shape index (κ1) is 12.2. The second-order valence-electron chi connectivity index (χ2n) is 4.49. The third kappa shape index (κ3) is 2.91. The average molecular weight is 253 g/mol. The van der Waals surface area contributed by atoms with E-state index in [9.17, 15) is 4.79 Å². The zero-order chi connectivity index (χ0) is 12.3. The highest BCUT2D eigenvalue weighted by Crippen LogP contribution is 2.32. The molecule has 0 aromatic carbocycles. The zero-order valence-electron chi connectivity index (χ0n) is 9.95. The molecule has 1 amide bonds. The second kappa shape index (κ2) is 5.40. The Hall–Kier alpha value is -1.23. The van der Waals surface area contributed by atoms with E-state index < -0.39 is 5.91 Å². The maximum absolute atomic E-state index is 11.2. The topological polar surface area (TPSA) is 72.4 Å². The van der Waals surface area contributed by atoms with E-state index in [1.807, 2.05) is 6.07 Å². The summed E-state index contributed by atoms with van der Waals surface area (Å²) in [5.74, 6) is -0.425. The Morgan fingerprint density at radius 1 is 1.18 bits per heavy atom. The molecule has 1 aliphatic heterocycles. The van der Waals surface area contributed by atoms with Gasteiger partial charge < -0.3 is 16.4 Å². The van der Waals surface area contributed by atoms with Gasteiger partial charge in [-0.25, -0.2) is 0 Å². The van der Waals surface area contributed by atoms with Crippen molar-refractivity contribution in [1.29, 1.82) is 0 Å². The zero-order valence-corrected chi connectivity index (χ0v) is 10.8. The van der Waals surface area contributed by atoms with Crippen molar-refractivity contribution in [2.75, 3.05) is 23.7 Å². The SMILES string of the molecule is NC(=O)c1sc(N2CCCCCCC2)cc1N. The molecule has 1 aromatic heterocycles. The van der Waals surface area contributed by atoms with Crippen LogP contribution in [0.1, 0.15) is 41.8 Å². The molecule has 1 fully saturated rings. The van der Waals surface area contributed by atoms with Gasteiger partial charge in [0.15, 0.2) is 0 Å². The fourth-order valence-electron chi connectivity index (χ4n) is 2.21. The standard InChI is InChI=1S/C12H19N3OS/c13-9-8-10(17-11(9)12(14)16)15-6-4-2-1-3-5-7-15/h8H,1-7,13H2,(H2,14,16). The van der Waals surface area contributed by atoms with Gasteiger partial charge in [0, 0.05) is 13.1 Å². The highest BCUT2D eigenvalue weighted by atomic mass is 32.1.